The second kappa shape index (κ2) is 10.2. The van der Waals surface area contributed by atoms with Crippen LogP contribution in [0, 0.1) is 0 Å². The number of hydrogen-bond donors (Lipinski definition) is 0. The molecule has 0 unspecified atom stereocenters. The van der Waals surface area contributed by atoms with Gasteiger partial charge in [-0.1, -0.05) is 163 Å². The van der Waals surface area contributed by atoms with Gasteiger partial charge < -0.3 is 4.42 Å². The van der Waals surface area contributed by atoms with E-state index < -0.39 is 262 Å². The Hall–Kier alpha value is -6.18. The third-order valence-electron chi connectivity index (χ3n) is 7.81. The zero-order chi connectivity index (χ0) is 55.3. The molecule has 10 aromatic rings. The number of para-hydroxylation sites is 1. The molecule has 0 spiro atoms. The van der Waals surface area contributed by atoms with Crippen LogP contribution in [-0.2, 0) is 0 Å². The van der Waals surface area contributed by atoms with Gasteiger partial charge in [-0.05, 0) is 76.9 Å². The van der Waals surface area contributed by atoms with Gasteiger partial charge in [-0.15, -0.1) is 0 Å². The molecule has 0 fully saturated rings. The summed E-state index contributed by atoms with van der Waals surface area (Å²) in [6.45, 7) is 0. The lowest BCUT2D eigenvalue weighted by atomic mass is 9.84. The molecule has 0 amide bonds. The maximum absolute atomic E-state index is 9.66. The lowest BCUT2D eigenvalue weighted by Gasteiger charge is -2.19. The van der Waals surface area contributed by atoms with Crippen molar-refractivity contribution >= 4 is 65.0 Å². The molecule has 9 aromatic carbocycles. The minimum absolute atomic E-state index is 0.366. The second-order valence-electron chi connectivity index (χ2n) is 10.3. The monoisotopic (exact) mass is 624 g/mol. The van der Waals surface area contributed by atoms with Crippen LogP contribution in [0.4, 0.5) is 0 Å². The molecule has 0 atom stereocenters. The van der Waals surface area contributed by atoms with Crippen molar-refractivity contribution in [3.05, 3.63) is 169 Å². The molecule has 10 rings (SSSR count). The van der Waals surface area contributed by atoms with Crippen LogP contribution in [0.3, 0.4) is 0 Å². The van der Waals surface area contributed by atoms with Crippen LogP contribution in [-0.4, -0.2) is 0 Å². The third-order valence-corrected chi connectivity index (χ3v) is 7.81. The molecule has 0 aliphatic carbocycles. The largest absolute Gasteiger partial charge is 0.455 e. The number of rotatable bonds is 3. The molecule has 0 saturated heterocycles. The first kappa shape index (κ1) is 10.7. The Morgan fingerprint density at radius 1 is 0.340 bits per heavy atom. The Kier molecular flexibility index (Phi) is 2.31. The van der Waals surface area contributed by atoms with Crippen molar-refractivity contribution < 1.29 is 42.8 Å². The van der Waals surface area contributed by atoms with E-state index in [2.05, 4.69) is 0 Å². The number of benzene rings is 9. The molecular weight excluding hydrogens is 569 g/mol. The average Bonchev–Trinajstić information content (AvgIpc) is 3.79. The smallest absolute Gasteiger partial charge is 0.143 e. The highest BCUT2D eigenvalue weighted by atomic mass is 16.3. The molecule has 1 heterocycles. The maximum atomic E-state index is 9.66. The summed E-state index contributed by atoms with van der Waals surface area (Å²) in [5.74, 6) is 0. The zero-order valence-corrected chi connectivity index (χ0v) is 23.4. The number of hydrogen-bond acceptors (Lipinski definition) is 1. The van der Waals surface area contributed by atoms with E-state index in [1.807, 2.05) is 0 Å². The molecule has 0 aliphatic rings. The molecule has 0 aliphatic heterocycles. The highest BCUT2D eigenvalue weighted by Gasteiger charge is 2.19. The fourth-order valence-corrected chi connectivity index (χ4v) is 5.84. The van der Waals surface area contributed by atoms with Gasteiger partial charge in [0.2, 0.25) is 0 Å². The van der Waals surface area contributed by atoms with E-state index in [4.69, 9.17) is 30.5 Å². The van der Waals surface area contributed by atoms with Crippen LogP contribution in [0.15, 0.2) is 174 Å². The van der Waals surface area contributed by atoms with Crippen molar-refractivity contribution in [3.63, 3.8) is 0 Å². The first-order valence-corrected chi connectivity index (χ1v) is 13.9. The number of fused-ring (bicyclic) bond motifs is 8. The van der Waals surface area contributed by atoms with Gasteiger partial charge in [-0.25, -0.2) is 0 Å². The molecule has 0 saturated carbocycles. The summed E-state index contributed by atoms with van der Waals surface area (Å²) in [4.78, 5) is 0. The molecule has 1 nitrogen and oxygen atoms in total. The van der Waals surface area contributed by atoms with Crippen molar-refractivity contribution in [3.8, 4) is 33.4 Å². The molecular formula is C46H28O. The van der Waals surface area contributed by atoms with E-state index in [-0.39, 0.29) is 5.39 Å². The predicted octanol–water partition coefficient (Wildman–Crippen LogP) is 13.2. The highest BCUT2D eigenvalue weighted by Crippen LogP contribution is 2.46. The second-order valence-corrected chi connectivity index (χ2v) is 10.3. The number of furan rings is 1. The lowest BCUT2D eigenvalue weighted by Crippen LogP contribution is -1.91. The summed E-state index contributed by atoms with van der Waals surface area (Å²) >= 11 is 0. The quantitative estimate of drug-likeness (QED) is 0.178. The van der Waals surface area contributed by atoms with Gasteiger partial charge in [0.05, 0.1) is 38.4 Å². The van der Waals surface area contributed by atoms with E-state index in [9.17, 15) is 12.3 Å². The summed E-state index contributed by atoms with van der Waals surface area (Å²) in [7, 11) is 0. The Balaban J connectivity index is 1.45. The Bertz CT molecular complexity index is 4330. The summed E-state index contributed by atoms with van der Waals surface area (Å²) in [6, 6.07) is -25.7. The van der Waals surface area contributed by atoms with Gasteiger partial charge in [-0.3, -0.25) is 0 Å². The molecule has 1 aromatic heterocycles. The van der Waals surface area contributed by atoms with E-state index in [1.54, 1.807) is 0 Å². The molecule has 47 heavy (non-hydrogen) atoms. The van der Waals surface area contributed by atoms with Gasteiger partial charge in [0, 0.05) is 16.3 Å². The highest BCUT2D eigenvalue weighted by molar-refractivity contribution is 6.24. The van der Waals surface area contributed by atoms with Gasteiger partial charge in [0.15, 0.2) is 0 Å². The Morgan fingerprint density at radius 2 is 0.830 bits per heavy atom. The van der Waals surface area contributed by atoms with E-state index >= 15 is 0 Å². The molecule has 0 radical (unpaired) electrons. The van der Waals surface area contributed by atoms with Gasteiger partial charge in [0.25, 0.3) is 0 Å². The summed E-state index contributed by atoms with van der Waals surface area (Å²) in [6.07, 6.45) is 0. The van der Waals surface area contributed by atoms with Crippen molar-refractivity contribution in [2.45, 2.75) is 0 Å². The maximum Gasteiger partial charge on any atom is 0.143 e. The lowest BCUT2D eigenvalue weighted by molar-refractivity contribution is 0.670. The first-order valence-electron chi connectivity index (χ1n) is 27.9. The SMILES string of the molecule is [2H]c1c([2H])c(-c2c3c([2H])c([2H])c([2H])c([2H])c3c(-c3c([2H])c([2H])c([2H])c4c([2H])c([2H])c([2H])c([2H])c34)c3c([2H])c([2H])c([2H])c([2H])c23)c([2H])c([2H])c1-c1c([2H])c([2H])c([2H])c2c1oc1c([2H])c([2H])c3c([2H])c([2H])c([2H])c([2H])c3c12. The molecule has 0 N–H and O–H groups in total. The van der Waals surface area contributed by atoms with Crippen LogP contribution in [0.5, 0.6) is 0 Å². The van der Waals surface area contributed by atoms with Crippen LogP contribution in [0.2, 0.25) is 0 Å². The van der Waals surface area contributed by atoms with Crippen LogP contribution >= 0.6 is 0 Å². The third kappa shape index (κ3) is 3.90. The Labute approximate surface area is 311 Å². The van der Waals surface area contributed by atoms with Crippen molar-refractivity contribution in [1.29, 1.82) is 0 Å². The average molecular weight is 625 g/mol. The van der Waals surface area contributed by atoms with E-state index in [1.165, 1.54) is 0 Å². The summed E-state index contributed by atoms with van der Waals surface area (Å²) in [5, 5.41) is -5.94. The minimum atomic E-state index is -1.10. The van der Waals surface area contributed by atoms with Gasteiger partial charge in [0.1, 0.15) is 11.2 Å². The van der Waals surface area contributed by atoms with Crippen LogP contribution in [0.1, 0.15) is 38.4 Å². The Morgan fingerprint density at radius 3 is 1.53 bits per heavy atom. The zero-order valence-electron chi connectivity index (χ0n) is 51.4. The fraction of sp³-hybridized carbons (Fsp3) is 0. The van der Waals surface area contributed by atoms with Gasteiger partial charge in [-0.2, -0.15) is 0 Å². The fourth-order valence-electron chi connectivity index (χ4n) is 5.84. The molecule has 0 bridgehead atoms. The van der Waals surface area contributed by atoms with E-state index in [0.717, 1.165) is 0 Å². The summed E-state index contributed by atoms with van der Waals surface area (Å²) < 4.78 is 258. The molecule has 218 valence electrons. The standard InChI is InChI=1S/C46H28O/c1-3-14-33-29(11-1)13-9-21-36(33)44-39-18-7-5-16-37(39)43(38-17-6-8-19-40(38)44)32-25-23-31(24-26-32)35-20-10-22-41-45-34-15-4-2-12-30(34)27-28-42(45)47-46(35)41/h1-28H/i1D,2D,3D,4D,5D,6D,7D,8D,9D,10D,11D,12D,13D,14D,15D,16D,17D,18D,19D,20D,21D,22D,23D,24D,25D,26D,27D,28D. The first-order chi connectivity index (χ1) is 35.0. The normalized spacial score (nSPS) is 20.2. The minimum Gasteiger partial charge on any atom is -0.455 e. The topological polar surface area (TPSA) is 13.1 Å². The van der Waals surface area contributed by atoms with Crippen LogP contribution in [0.25, 0.3) is 98.4 Å². The van der Waals surface area contributed by atoms with Crippen molar-refractivity contribution in [2.75, 3.05) is 0 Å². The summed E-state index contributed by atoms with van der Waals surface area (Å²) in [5.41, 5.74) is -5.78. The van der Waals surface area contributed by atoms with Crippen LogP contribution < -0.4 is 0 Å². The predicted molar refractivity (Wildman–Crippen MR) is 200 cm³/mol. The van der Waals surface area contributed by atoms with Crippen molar-refractivity contribution in [2.24, 2.45) is 0 Å². The van der Waals surface area contributed by atoms with Crippen molar-refractivity contribution in [1.82, 2.24) is 0 Å². The molecule has 1 heteroatoms. The van der Waals surface area contributed by atoms with E-state index in [0.29, 0.717) is 0 Å². The van der Waals surface area contributed by atoms with Gasteiger partial charge >= 0.3 is 0 Å².